The Labute approximate surface area is 125 Å². The minimum atomic E-state index is -0.129. The van der Waals surface area contributed by atoms with Crippen molar-refractivity contribution < 1.29 is 10.2 Å². The molecule has 0 spiro atoms. The molecule has 0 saturated carbocycles. The van der Waals surface area contributed by atoms with Crippen LogP contribution in [-0.4, -0.2) is 10.2 Å². The third kappa shape index (κ3) is 3.14. The highest BCUT2D eigenvalue weighted by Gasteiger charge is 2.13. The van der Waals surface area contributed by atoms with Crippen molar-refractivity contribution in [2.24, 2.45) is 0 Å². The van der Waals surface area contributed by atoms with Gasteiger partial charge in [0.2, 0.25) is 0 Å². The second-order valence-electron chi connectivity index (χ2n) is 4.21. The Morgan fingerprint density at radius 2 is 1.95 bits per heavy atom. The van der Waals surface area contributed by atoms with Crippen LogP contribution in [0.25, 0.3) is 0 Å². The van der Waals surface area contributed by atoms with Crippen molar-refractivity contribution >= 4 is 33.2 Å². The summed E-state index contributed by atoms with van der Waals surface area (Å²) in [7, 11) is 0. The van der Waals surface area contributed by atoms with Gasteiger partial charge in [0, 0.05) is 11.6 Å². The SMILES string of the molecule is CC(Nc1cccc(Cl)c1Br)c1ccc(O)cc1O. The van der Waals surface area contributed by atoms with Crippen molar-refractivity contribution in [3.63, 3.8) is 0 Å². The minimum Gasteiger partial charge on any atom is -0.508 e. The molecule has 1 atom stereocenters. The van der Waals surface area contributed by atoms with E-state index in [-0.39, 0.29) is 17.5 Å². The second kappa shape index (κ2) is 5.72. The van der Waals surface area contributed by atoms with Gasteiger partial charge in [0.25, 0.3) is 0 Å². The van der Waals surface area contributed by atoms with E-state index < -0.39 is 0 Å². The average Bonchev–Trinajstić information content (AvgIpc) is 2.34. The maximum atomic E-state index is 9.83. The molecule has 0 radical (unpaired) electrons. The number of halogens is 2. The topological polar surface area (TPSA) is 52.5 Å². The predicted molar refractivity (Wildman–Crippen MR) is 81.0 cm³/mol. The van der Waals surface area contributed by atoms with Crippen LogP contribution in [0.1, 0.15) is 18.5 Å². The summed E-state index contributed by atoms with van der Waals surface area (Å²) in [4.78, 5) is 0. The lowest BCUT2D eigenvalue weighted by Gasteiger charge is -2.18. The molecule has 0 aliphatic heterocycles. The number of hydrogen-bond acceptors (Lipinski definition) is 3. The van der Waals surface area contributed by atoms with Crippen molar-refractivity contribution in [1.82, 2.24) is 0 Å². The highest BCUT2D eigenvalue weighted by atomic mass is 79.9. The van der Waals surface area contributed by atoms with E-state index in [1.807, 2.05) is 19.1 Å². The molecule has 100 valence electrons. The van der Waals surface area contributed by atoms with E-state index in [1.165, 1.54) is 6.07 Å². The molecule has 0 amide bonds. The normalized spacial score (nSPS) is 12.2. The average molecular weight is 343 g/mol. The number of aromatic hydroxyl groups is 2. The smallest absolute Gasteiger partial charge is 0.124 e. The van der Waals surface area contributed by atoms with E-state index in [0.29, 0.717) is 10.6 Å². The first-order chi connectivity index (χ1) is 8.99. The first-order valence-electron chi connectivity index (χ1n) is 5.71. The molecule has 3 nitrogen and oxygen atoms in total. The van der Waals surface area contributed by atoms with Gasteiger partial charge in [0.15, 0.2) is 0 Å². The Morgan fingerprint density at radius 1 is 1.21 bits per heavy atom. The summed E-state index contributed by atoms with van der Waals surface area (Å²) < 4.78 is 0.779. The first-order valence-corrected chi connectivity index (χ1v) is 6.88. The third-order valence-corrected chi connectivity index (χ3v) is 4.20. The van der Waals surface area contributed by atoms with Crippen molar-refractivity contribution in [3.8, 4) is 11.5 Å². The van der Waals surface area contributed by atoms with Gasteiger partial charge in [-0.05, 0) is 47.1 Å². The molecule has 3 N–H and O–H groups in total. The lowest BCUT2D eigenvalue weighted by molar-refractivity contribution is 0.444. The van der Waals surface area contributed by atoms with Crippen molar-refractivity contribution in [2.75, 3.05) is 5.32 Å². The van der Waals surface area contributed by atoms with E-state index in [1.54, 1.807) is 18.2 Å². The molecular formula is C14H13BrClNO2. The molecule has 1 unspecified atom stereocenters. The summed E-state index contributed by atoms with van der Waals surface area (Å²) in [5, 5.41) is 23.0. The van der Waals surface area contributed by atoms with Crippen LogP contribution in [0.3, 0.4) is 0 Å². The largest absolute Gasteiger partial charge is 0.508 e. The summed E-state index contributed by atoms with van der Waals surface area (Å²) in [5.74, 6) is 0.0931. The Kier molecular flexibility index (Phi) is 4.22. The van der Waals surface area contributed by atoms with Gasteiger partial charge in [-0.15, -0.1) is 0 Å². The van der Waals surface area contributed by atoms with Crippen molar-refractivity contribution in [1.29, 1.82) is 0 Å². The number of anilines is 1. The zero-order valence-corrected chi connectivity index (χ0v) is 12.5. The maximum absolute atomic E-state index is 9.83. The Morgan fingerprint density at radius 3 is 2.63 bits per heavy atom. The lowest BCUT2D eigenvalue weighted by Crippen LogP contribution is -2.07. The fourth-order valence-electron chi connectivity index (χ4n) is 1.82. The zero-order chi connectivity index (χ0) is 14.0. The molecule has 0 bridgehead atoms. The zero-order valence-electron chi connectivity index (χ0n) is 10.2. The van der Waals surface area contributed by atoms with Gasteiger partial charge < -0.3 is 15.5 Å². The van der Waals surface area contributed by atoms with Gasteiger partial charge in [0.1, 0.15) is 11.5 Å². The summed E-state index contributed by atoms with van der Waals surface area (Å²) in [6, 6.07) is 9.94. The molecule has 5 heteroatoms. The highest BCUT2D eigenvalue weighted by Crippen LogP contribution is 2.34. The lowest BCUT2D eigenvalue weighted by atomic mass is 10.1. The number of rotatable bonds is 3. The number of hydrogen-bond donors (Lipinski definition) is 3. The molecule has 0 fully saturated rings. The van der Waals surface area contributed by atoms with E-state index in [0.717, 1.165) is 10.2 Å². The molecule has 0 heterocycles. The molecule has 2 aromatic rings. The number of benzene rings is 2. The van der Waals surface area contributed by atoms with Crippen LogP contribution in [0.15, 0.2) is 40.9 Å². The Bertz CT molecular complexity index is 604. The van der Waals surface area contributed by atoms with Gasteiger partial charge in [-0.2, -0.15) is 0 Å². The maximum Gasteiger partial charge on any atom is 0.124 e. The monoisotopic (exact) mass is 341 g/mol. The van der Waals surface area contributed by atoms with Crippen molar-refractivity contribution in [2.45, 2.75) is 13.0 Å². The van der Waals surface area contributed by atoms with Crippen LogP contribution in [0, 0.1) is 0 Å². The quantitative estimate of drug-likeness (QED) is 0.758. The van der Waals surface area contributed by atoms with Crippen molar-refractivity contribution in [3.05, 3.63) is 51.5 Å². The van der Waals surface area contributed by atoms with Gasteiger partial charge in [-0.1, -0.05) is 17.7 Å². The number of phenols is 2. The summed E-state index contributed by atoms with van der Waals surface area (Å²) in [5.41, 5.74) is 1.54. The van der Waals surface area contributed by atoms with Crippen LogP contribution in [0.4, 0.5) is 5.69 Å². The predicted octanol–water partition coefficient (Wildman–Crippen LogP) is 4.69. The number of nitrogens with one attached hydrogen (secondary N) is 1. The standard InChI is InChI=1S/C14H13BrClNO2/c1-8(10-6-5-9(18)7-13(10)19)17-12-4-2-3-11(16)14(12)15/h2-8,17-19H,1H3. The van der Waals surface area contributed by atoms with Crippen LogP contribution in [0.5, 0.6) is 11.5 Å². The molecule has 2 aromatic carbocycles. The van der Waals surface area contributed by atoms with E-state index in [4.69, 9.17) is 11.6 Å². The molecule has 0 aromatic heterocycles. The van der Waals surface area contributed by atoms with Crippen LogP contribution in [-0.2, 0) is 0 Å². The van der Waals surface area contributed by atoms with E-state index in [9.17, 15) is 10.2 Å². The third-order valence-electron chi connectivity index (χ3n) is 2.80. The van der Waals surface area contributed by atoms with Crippen LogP contribution >= 0.6 is 27.5 Å². The Balaban J connectivity index is 2.25. The number of phenolic OH excluding ortho intramolecular Hbond substituents is 2. The summed E-state index contributed by atoms with van der Waals surface area (Å²) >= 11 is 9.44. The first kappa shape index (κ1) is 14.0. The van der Waals surface area contributed by atoms with Gasteiger partial charge >= 0.3 is 0 Å². The summed E-state index contributed by atoms with van der Waals surface area (Å²) in [6.45, 7) is 1.92. The molecule has 0 aliphatic carbocycles. The molecule has 19 heavy (non-hydrogen) atoms. The fraction of sp³-hybridized carbons (Fsp3) is 0.143. The molecule has 0 saturated heterocycles. The minimum absolute atomic E-state index is 0.0392. The highest BCUT2D eigenvalue weighted by molar-refractivity contribution is 9.10. The van der Waals surface area contributed by atoms with E-state index >= 15 is 0 Å². The molecule has 0 aliphatic rings. The van der Waals surface area contributed by atoms with Gasteiger partial charge in [0.05, 0.1) is 21.2 Å². The fourth-order valence-corrected chi connectivity index (χ4v) is 2.38. The van der Waals surface area contributed by atoms with E-state index in [2.05, 4.69) is 21.2 Å². The second-order valence-corrected chi connectivity index (χ2v) is 5.41. The van der Waals surface area contributed by atoms with Gasteiger partial charge in [-0.25, -0.2) is 0 Å². The Hall–Kier alpha value is -1.39. The van der Waals surface area contributed by atoms with Crippen LogP contribution in [0.2, 0.25) is 5.02 Å². The van der Waals surface area contributed by atoms with Gasteiger partial charge in [-0.3, -0.25) is 0 Å². The molecular weight excluding hydrogens is 330 g/mol. The molecule has 2 rings (SSSR count). The summed E-state index contributed by atoms with van der Waals surface area (Å²) in [6.07, 6.45) is 0. The van der Waals surface area contributed by atoms with Crippen LogP contribution < -0.4 is 5.32 Å².